The lowest BCUT2D eigenvalue weighted by Gasteiger charge is -2.35. The first-order valence-corrected chi connectivity index (χ1v) is 11.2. The number of carbonyl (C=O) groups is 1. The zero-order valence-electron chi connectivity index (χ0n) is 17.5. The second kappa shape index (κ2) is 9.50. The highest BCUT2D eigenvalue weighted by Crippen LogP contribution is 2.26. The molecule has 0 bridgehead atoms. The molecule has 152 valence electrons. The Hall–Kier alpha value is -1.95. The van der Waals surface area contributed by atoms with Gasteiger partial charge in [-0.05, 0) is 48.3 Å². The summed E-state index contributed by atoms with van der Waals surface area (Å²) >= 11 is 1.67. The standard InChI is InChI=1S/C22H32N4OS/c1-16(2)14-26(15-17(3)4)22(27)18-9-11-25(12-10-18)21-8-7-19(23-24-21)20-6-5-13-28-20/h5-8,13,16-18H,9-12,14-15H2,1-4H3. The quantitative estimate of drug-likeness (QED) is 0.683. The molecular formula is C22H32N4OS. The Morgan fingerprint density at radius 1 is 1.11 bits per heavy atom. The number of thiophene rings is 1. The fourth-order valence-electron chi connectivity index (χ4n) is 3.80. The van der Waals surface area contributed by atoms with Crippen molar-refractivity contribution in [2.24, 2.45) is 17.8 Å². The van der Waals surface area contributed by atoms with E-state index in [1.165, 1.54) is 0 Å². The number of amides is 1. The van der Waals surface area contributed by atoms with Gasteiger partial charge in [0.2, 0.25) is 5.91 Å². The Morgan fingerprint density at radius 3 is 2.29 bits per heavy atom. The van der Waals surface area contributed by atoms with Gasteiger partial charge in [-0.15, -0.1) is 21.5 Å². The molecule has 0 aromatic carbocycles. The number of piperidine rings is 1. The van der Waals surface area contributed by atoms with Gasteiger partial charge >= 0.3 is 0 Å². The normalized spacial score (nSPS) is 15.4. The van der Waals surface area contributed by atoms with Crippen molar-refractivity contribution < 1.29 is 4.79 Å². The second-order valence-electron chi connectivity index (χ2n) is 8.55. The van der Waals surface area contributed by atoms with Crippen LogP contribution < -0.4 is 4.90 Å². The maximum atomic E-state index is 13.1. The summed E-state index contributed by atoms with van der Waals surface area (Å²) in [5.41, 5.74) is 0.918. The van der Waals surface area contributed by atoms with Crippen LogP contribution in [0.1, 0.15) is 40.5 Å². The number of anilines is 1. The summed E-state index contributed by atoms with van der Waals surface area (Å²) in [6, 6.07) is 8.18. The van der Waals surface area contributed by atoms with E-state index >= 15 is 0 Å². The molecule has 3 heterocycles. The van der Waals surface area contributed by atoms with E-state index in [1.54, 1.807) is 11.3 Å². The largest absolute Gasteiger partial charge is 0.355 e. The fourth-order valence-corrected chi connectivity index (χ4v) is 4.49. The van der Waals surface area contributed by atoms with E-state index < -0.39 is 0 Å². The van der Waals surface area contributed by atoms with Gasteiger partial charge in [0, 0.05) is 32.1 Å². The highest BCUT2D eigenvalue weighted by atomic mass is 32.1. The monoisotopic (exact) mass is 400 g/mol. The van der Waals surface area contributed by atoms with Gasteiger partial charge in [-0.2, -0.15) is 0 Å². The zero-order valence-corrected chi connectivity index (χ0v) is 18.3. The van der Waals surface area contributed by atoms with Gasteiger partial charge in [0.15, 0.2) is 5.82 Å². The van der Waals surface area contributed by atoms with Crippen LogP contribution >= 0.6 is 11.3 Å². The molecule has 3 rings (SSSR count). The Bertz CT molecular complexity index is 724. The maximum absolute atomic E-state index is 13.1. The molecule has 2 aromatic heterocycles. The van der Waals surface area contributed by atoms with Gasteiger partial charge in [-0.1, -0.05) is 33.8 Å². The molecule has 2 aromatic rings. The van der Waals surface area contributed by atoms with Crippen LogP contribution in [0.2, 0.25) is 0 Å². The molecule has 0 atom stereocenters. The van der Waals surface area contributed by atoms with E-state index in [-0.39, 0.29) is 5.92 Å². The predicted octanol–water partition coefficient (Wildman–Crippen LogP) is 4.56. The highest BCUT2D eigenvalue weighted by Gasteiger charge is 2.29. The van der Waals surface area contributed by atoms with Crippen molar-refractivity contribution >= 4 is 23.1 Å². The van der Waals surface area contributed by atoms with E-state index in [4.69, 9.17) is 0 Å². The number of hydrogen-bond acceptors (Lipinski definition) is 5. The van der Waals surface area contributed by atoms with Crippen molar-refractivity contribution in [1.82, 2.24) is 15.1 Å². The topological polar surface area (TPSA) is 49.3 Å². The molecule has 1 amide bonds. The smallest absolute Gasteiger partial charge is 0.225 e. The minimum atomic E-state index is 0.132. The molecule has 0 aliphatic carbocycles. The van der Waals surface area contributed by atoms with Crippen LogP contribution in [0.15, 0.2) is 29.6 Å². The zero-order chi connectivity index (χ0) is 20.1. The van der Waals surface area contributed by atoms with Crippen molar-refractivity contribution in [2.75, 3.05) is 31.1 Å². The van der Waals surface area contributed by atoms with E-state index in [9.17, 15) is 4.79 Å². The van der Waals surface area contributed by atoms with E-state index in [1.807, 2.05) is 18.2 Å². The number of aromatic nitrogens is 2. The summed E-state index contributed by atoms with van der Waals surface area (Å²) in [4.78, 5) is 18.5. The molecule has 6 heteroatoms. The molecule has 1 aliphatic heterocycles. The van der Waals surface area contributed by atoms with Crippen LogP contribution in [0.25, 0.3) is 10.6 Å². The van der Waals surface area contributed by atoms with Crippen molar-refractivity contribution in [1.29, 1.82) is 0 Å². The van der Waals surface area contributed by atoms with Crippen molar-refractivity contribution in [3.63, 3.8) is 0 Å². The number of carbonyl (C=O) groups excluding carboxylic acids is 1. The minimum Gasteiger partial charge on any atom is -0.355 e. The summed E-state index contributed by atoms with van der Waals surface area (Å²) in [5, 5.41) is 10.9. The molecule has 28 heavy (non-hydrogen) atoms. The Kier molecular flexibility index (Phi) is 7.05. The first-order chi connectivity index (χ1) is 13.4. The molecule has 0 unspecified atom stereocenters. The molecule has 1 saturated heterocycles. The van der Waals surface area contributed by atoms with Crippen LogP contribution in [-0.2, 0) is 4.79 Å². The Labute approximate surface area is 172 Å². The lowest BCUT2D eigenvalue weighted by molar-refractivity contribution is -0.137. The molecular weight excluding hydrogens is 368 g/mol. The molecule has 0 N–H and O–H groups in total. The van der Waals surface area contributed by atoms with E-state index in [2.05, 4.69) is 59.1 Å². The van der Waals surface area contributed by atoms with Crippen molar-refractivity contribution in [3.8, 4) is 10.6 Å². The second-order valence-corrected chi connectivity index (χ2v) is 9.49. The molecule has 5 nitrogen and oxygen atoms in total. The first-order valence-electron chi connectivity index (χ1n) is 10.4. The van der Waals surface area contributed by atoms with Gasteiger partial charge in [0.05, 0.1) is 4.88 Å². The van der Waals surface area contributed by atoms with Crippen LogP contribution in [0.4, 0.5) is 5.82 Å². The average molecular weight is 401 g/mol. The van der Waals surface area contributed by atoms with Gasteiger partial charge in [0.25, 0.3) is 0 Å². The summed E-state index contributed by atoms with van der Waals surface area (Å²) < 4.78 is 0. The number of nitrogens with zero attached hydrogens (tertiary/aromatic N) is 4. The maximum Gasteiger partial charge on any atom is 0.225 e. The number of hydrogen-bond donors (Lipinski definition) is 0. The van der Waals surface area contributed by atoms with Gasteiger partial charge < -0.3 is 9.80 Å². The molecule has 0 spiro atoms. The molecule has 1 aliphatic rings. The Balaban J connectivity index is 1.58. The lowest BCUT2D eigenvalue weighted by Crippen LogP contribution is -2.45. The SMILES string of the molecule is CC(C)CN(CC(C)C)C(=O)C1CCN(c2ccc(-c3cccs3)nn2)CC1. The third kappa shape index (κ3) is 5.31. The van der Waals surface area contributed by atoms with Crippen LogP contribution in [0.5, 0.6) is 0 Å². The molecule has 0 radical (unpaired) electrons. The van der Waals surface area contributed by atoms with Gasteiger partial charge in [0.1, 0.15) is 5.69 Å². The van der Waals surface area contributed by atoms with Crippen LogP contribution in [0, 0.1) is 17.8 Å². The van der Waals surface area contributed by atoms with Gasteiger partial charge in [-0.3, -0.25) is 4.79 Å². The first kappa shape index (κ1) is 20.8. The Morgan fingerprint density at radius 2 is 1.79 bits per heavy atom. The van der Waals surface area contributed by atoms with E-state index in [0.717, 1.165) is 55.4 Å². The third-order valence-electron chi connectivity index (χ3n) is 5.08. The van der Waals surface area contributed by atoms with Crippen LogP contribution in [0.3, 0.4) is 0 Å². The number of rotatable bonds is 7. The third-order valence-corrected chi connectivity index (χ3v) is 5.97. The van der Waals surface area contributed by atoms with Crippen LogP contribution in [-0.4, -0.2) is 47.2 Å². The minimum absolute atomic E-state index is 0.132. The van der Waals surface area contributed by atoms with E-state index in [0.29, 0.717) is 17.7 Å². The highest BCUT2D eigenvalue weighted by molar-refractivity contribution is 7.13. The van der Waals surface area contributed by atoms with Gasteiger partial charge in [-0.25, -0.2) is 0 Å². The predicted molar refractivity (Wildman–Crippen MR) is 117 cm³/mol. The summed E-state index contributed by atoms with van der Waals surface area (Å²) in [7, 11) is 0. The fraction of sp³-hybridized carbons (Fsp3) is 0.591. The lowest BCUT2D eigenvalue weighted by atomic mass is 9.94. The van der Waals surface area contributed by atoms with Crippen molar-refractivity contribution in [3.05, 3.63) is 29.6 Å². The molecule has 0 saturated carbocycles. The summed E-state index contributed by atoms with van der Waals surface area (Å²) in [6.07, 6.45) is 1.78. The average Bonchev–Trinajstić information content (AvgIpc) is 3.21. The summed E-state index contributed by atoms with van der Waals surface area (Å²) in [6.45, 7) is 12.2. The molecule has 1 fully saturated rings. The van der Waals surface area contributed by atoms with Crippen molar-refractivity contribution in [2.45, 2.75) is 40.5 Å². The summed E-state index contributed by atoms with van der Waals surface area (Å²) in [5.74, 6) is 2.38.